The SMILES string of the molecule is C1CC2CNCC1C21N=N1.Cl. The van der Waals surface area contributed by atoms with Crippen LogP contribution in [0.25, 0.3) is 0 Å². The van der Waals surface area contributed by atoms with Crippen molar-refractivity contribution >= 4 is 12.4 Å². The van der Waals surface area contributed by atoms with Gasteiger partial charge in [-0.3, -0.25) is 0 Å². The van der Waals surface area contributed by atoms with Gasteiger partial charge >= 0.3 is 0 Å². The lowest BCUT2D eigenvalue weighted by molar-refractivity contribution is 0.279. The molecule has 1 spiro atoms. The van der Waals surface area contributed by atoms with Crippen LogP contribution in [-0.2, 0) is 0 Å². The lowest BCUT2D eigenvalue weighted by Gasteiger charge is -2.25. The van der Waals surface area contributed by atoms with Gasteiger partial charge in [-0.1, -0.05) is 0 Å². The summed E-state index contributed by atoms with van der Waals surface area (Å²) in [4.78, 5) is 0. The Morgan fingerprint density at radius 3 is 2.00 bits per heavy atom. The predicted molar refractivity (Wildman–Crippen MR) is 43.9 cm³/mol. The minimum atomic E-state index is 0. The third-order valence-electron chi connectivity index (χ3n) is 3.18. The number of halogens is 1. The molecule has 3 nitrogen and oxygen atoms in total. The smallest absolute Gasteiger partial charge is 0.198 e. The Morgan fingerprint density at radius 1 is 1.09 bits per heavy atom. The molecule has 2 atom stereocenters. The first kappa shape index (κ1) is 7.50. The fraction of sp³-hybridized carbons (Fsp3) is 1.00. The van der Waals surface area contributed by atoms with Crippen molar-refractivity contribution in [1.82, 2.24) is 5.32 Å². The molecule has 0 amide bonds. The van der Waals surface area contributed by atoms with E-state index in [0.29, 0.717) is 0 Å². The lowest BCUT2D eigenvalue weighted by Crippen LogP contribution is -2.44. The van der Waals surface area contributed by atoms with Crippen LogP contribution < -0.4 is 5.32 Å². The van der Waals surface area contributed by atoms with Gasteiger partial charge in [0.1, 0.15) is 0 Å². The summed E-state index contributed by atoms with van der Waals surface area (Å²) in [5.74, 6) is 1.48. The molecule has 2 unspecified atom stereocenters. The standard InChI is InChI=1S/C7H11N3.ClH/c1-2-6-4-8-3-5(1)7(6)9-10-7;/h5-6,8H,1-4H2;1H. The summed E-state index contributed by atoms with van der Waals surface area (Å²) in [6.45, 7) is 2.28. The molecule has 2 bridgehead atoms. The zero-order valence-electron chi connectivity index (χ0n) is 6.29. The summed E-state index contributed by atoms with van der Waals surface area (Å²) in [6, 6.07) is 0. The van der Waals surface area contributed by atoms with Gasteiger partial charge in [-0.2, -0.15) is 10.2 Å². The van der Waals surface area contributed by atoms with Crippen molar-refractivity contribution in [2.24, 2.45) is 22.1 Å². The van der Waals surface area contributed by atoms with Gasteiger partial charge in [-0.05, 0) is 12.8 Å². The van der Waals surface area contributed by atoms with Crippen molar-refractivity contribution in [1.29, 1.82) is 0 Å². The molecule has 1 saturated carbocycles. The second kappa shape index (κ2) is 2.17. The first-order chi connectivity index (χ1) is 4.92. The monoisotopic (exact) mass is 173 g/mol. The third-order valence-corrected chi connectivity index (χ3v) is 3.18. The van der Waals surface area contributed by atoms with Crippen LogP contribution in [0.4, 0.5) is 0 Å². The third kappa shape index (κ3) is 0.783. The van der Waals surface area contributed by atoms with Crippen LogP contribution >= 0.6 is 12.4 Å². The first-order valence-corrected chi connectivity index (χ1v) is 4.06. The van der Waals surface area contributed by atoms with Crippen molar-refractivity contribution in [2.45, 2.75) is 18.5 Å². The normalized spacial score (nSPS) is 42.2. The van der Waals surface area contributed by atoms with Gasteiger partial charge in [-0.25, -0.2) is 0 Å². The van der Waals surface area contributed by atoms with E-state index in [9.17, 15) is 0 Å². The van der Waals surface area contributed by atoms with Crippen molar-refractivity contribution in [3.8, 4) is 0 Å². The highest BCUT2D eigenvalue weighted by atomic mass is 35.5. The van der Waals surface area contributed by atoms with Crippen LogP contribution in [-0.4, -0.2) is 18.8 Å². The molecule has 3 aliphatic rings. The van der Waals surface area contributed by atoms with Crippen molar-refractivity contribution in [2.75, 3.05) is 13.1 Å². The van der Waals surface area contributed by atoms with Crippen LogP contribution in [0.3, 0.4) is 0 Å². The Bertz CT molecular complexity index is 180. The van der Waals surface area contributed by atoms with E-state index >= 15 is 0 Å². The summed E-state index contributed by atoms with van der Waals surface area (Å²) in [7, 11) is 0. The first-order valence-electron chi connectivity index (χ1n) is 4.06. The topological polar surface area (TPSA) is 36.8 Å². The number of hydrogen-bond acceptors (Lipinski definition) is 3. The van der Waals surface area contributed by atoms with Gasteiger partial charge in [0.15, 0.2) is 5.66 Å². The molecule has 0 aromatic carbocycles. The second-order valence-electron chi connectivity index (χ2n) is 3.61. The van der Waals surface area contributed by atoms with Gasteiger partial charge in [0, 0.05) is 24.9 Å². The van der Waals surface area contributed by atoms with Crippen molar-refractivity contribution < 1.29 is 0 Å². The number of nitrogens with one attached hydrogen (secondary N) is 1. The summed E-state index contributed by atoms with van der Waals surface area (Å²) in [6.07, 6.45) is 2.68. The molecule has 0 aromatic rings. The van der Waals surface area contributed by atoms with Gasteiger partial charge in [0.25, 0.3) is 0 Å². The van der Waals surface area contributed by atoms with E-state index in [-0.39, 0.29) is 18.1 Å². The molecule has 3 rings (SSSR count). The van der Waals surface area contributed by atoms with E-state index in [4.69, 9.17) is 0 Å². The molecule has 1 saturated heterocycles. The van der Waals surface area contributed by atoms with E-state index in [2.05, 4.69) is 15.5 Å². The second-order valence-corrected chi connectivity index (χ2v) is 3.61. The highest BCUT2D eigenvalue weighted by molar-refractivity contribution is 5.85. The predicted octanol–water partition coefficient (Wildman–Crippen LogP) is 1.20. The van der Waals surface area contributed by atoms with E-state index in [1.807, 2.05) is 0 Å². The minimum Gasteiger partial charge on any atom is -0.316 e. The molecule has 4 heteroatoms. The molecular weight excluding hydrogens is 162 g/mol. The Balaban J connectivity index is 0.000000480. The Morgan fingerprint density at radius 2 is 1.64 bits per heavy atom. The molecule has 11 heavy (non-hydrogen) atoms. The van der Waals surface area contributed by atoms with Crippen molar-refractivity contribution in [3.63, 3.8) is 0 Å². The van der Waals surface area contributed by atoms with Gasteiger partial charge in [0.05, 0.1) is 0 Å². The minimum absolute atomic E-state index is 0. The van der Waals surface area contributed by atoms with Crippen LogP contribution in [0.1, 0.15) is 12.8 Å². The van der Waals surface area contributed by atoms with Crippen LogP contribution in [0.5, 0.6) is 0 Å². The van der Waals surface area contributed by atoms with E-state index < -0.39 is 0 Å². The van der Waals surface area contributed by atoms with E-state index in [1.54, 1.807) is 0 Å². The summed E-state index contributed by atoms with van der Waals surface area (Å²) < 4.78 is 0. The summed E-state index contributed by atoms with van der Waals surface area (Å²) >= 11 is 0. The molecule has 0 radical (unpaired) electrons. The zero-order chi connectivity index (χ0) is 6.60. The van der Waals surface area contributed by atoms with Gasteiger partial charge < -0.3 is 5.32 Å². The van der Waals surface area contributed by atoms with Crippen LogP contribution in [0.15, 0.2) is 10.2 Å². The lowest BCUT2D eigenvalue weighted by atomic mass is 9.90. The Labute approximate surface area is 72.1 Å². The molecule has 1 aliphatic carbocycles. The highest BCUT2D eigenvalue weighted by Crippen LogP contribution is 2.53. The molecule has 2 aliphatic heterocycles. The molecule has 2 heterocycles. The van der Waals surface area contributed by atoms with E-state index in [0.717, 1.165) is 24.9 Å². The average Bonchev–Trinajstić information content (AvgIpc) is 2.59. The number of rotatable bonds is 0. The molecule has 0 aromatic heterocycles. The van der Waals surface area contributed by atoms with Crippen LogP contribution in [0, 0.1) is 11.8 Å². The molecule has 1 N–H and O–H groups in total. The largest absolute Gasteiger partial charge is 0.316 e. The molecular formula is C7H12ClN3. The van der Waals surface area contributed by atoms with Crippen molar-refractivity contribution in [3.05, 3.63) is 0 Å². The van der Waals surface area contributed by atoms with Gasteiger partial charge in [0.2, 0.25) is 0 Å². The molecule has 2 fully saturated rings. The number of nitrogens with zero attached hydrogens (tertiary/aromatic N) is 2. The number of piperidine rings is 1. The van der Waals surface area contributed by atoms with Gasteiger partial charge in [-0.15, -0.1) is 12.4 Å². The maximum absolute atomic E-state index is 4.20. The Kier molecular flexibility index (Phi) is 1.48. The zero-order valence-corrected chi connectivity index (χ0v) is 7.10. The highest BCUT2D eigenvalue weighted by Gasteiger charge is 2.59. The summed E-state index contributed by atoms with van der Waals surface area (Å²) in [5.41, 5.74) is 0.144. The maximum atomic E-state index is 4.20. The Hall–Kier alpha value is -0.150. The van der Waals surface area contributed by atoms with Crippen LogP contribution in [0.2, 0.25) is 0 Å². The quantitative estimate of drug-likeness (QED) is 0.587. The summed E-state index contributed by atoms with van der Waals surface area (Å²) in [5, 5.41) is 11.8. The average molecular weight is 174 g/mol. The fourth-order valence-corrected chi connectivity index (χ4v) is 2.48. The molecule has 62 valence electrons. The number of hydrogen-bond donors (Lipinski definition) is 1. The van der Waals surface area contributed by atoms with E-state index in [1.165, 1.54) is 12.8 Å². The maximum Gasteiger partial charge on any atom is 0.198 e. The fourth-order valence-electron chi connectivity index (χ4n) is 2.48.